The third kappa shape index (κ3) is 1.01. The quantitative estimate of drug-likeness (QED) is 0.479. The van der Waals surface area contributed by atoms with E-state index in [1.54, 1.807) is 0 Å². The summed E-state index contributed by atoms with van der Waals surface area (Å²) in [6.45, 7) is 1.25. The van der Waals surface area contributed by atoms with E-state index in [0.717, 1.165) is 5.92 Å². The van der Waals surface area contributed by atoms with Crippen LogP contribution >= 0.6 is 0 Å². The Balaban J connectivity index is 2.13. The molecule has 0 aromatic heterocycles. The molecule has 2 aliphatic heterocycles. The SMILES string of the molecule is C1=CC2CCC(C1)CN2. The van der Waals surface area contributed by atoms with E-state index < -0.39 is 0 Å². The largest absolute Gasteiger partial charge is 0.310 e. The molecule has 1 N–H and O–H groups in total. The van der Waals surface area contributed by atoms with Gasteiger partial charge in [0.25, 0.3) is 0 Å². The summed E-state index contributed by atoms with van der Waals surface area (Å²) in [7, 11) is 0. The summed E-state index contributed by atoms with van der Waals surface area (Å²) in [6, 6.07) is 0.712. The minimum absolute atomic E-state index is 0.712. The number of rotatable bonds is 0. The maximum atomic E-state index is 3.49. The molecule has 0 aromatic rings. The van der Waals surface area contributed by atoms with E-state index in [9.17, 15) is 0 Å². The smallest absolute Gasteiger partial charge is 0.0250 e. The molecule has 0 radical (unpaired) electrons. The van der Waals surface area contributed by atoms with Crippen LogP contribution in [0.5, 0.6) is 0 Å². The normalized spacial score (nSPS) is 40.9. The van der Waals surface area contributed by atoms with Crippen LogP contribution < -0.4 is 5.32 Å². The van der Waals surface area contributed by atoms with E-state index in [4.69, 9.17) is 0 Å². The van der Waals surface area contributed by atoms with Gasteiger partial charge in [-0.05, 0) is 31.7 Å². The molecule has 2 unspecified atom stereocenters. The predicted molar refractivity (Wildman–Crippen MR) is 38.3 cm³/mol. The molecule has 1 saturated heterocycles. The monoisotopic (exact) mass is 123 g/mol. The third-order valence-corrected chi connectivity index (χ3v) is 2.39. The Bertz CT molecular complexity index is 121. The summed E-state index contributed by atoms with van der Waals surface area (Å²) in [5, 5.41) is 3.49. The van der Waals surface area contributed by atoms with Gasteiger partial charge >= 0.3 is 0 Å². The van der Waals surface area contributed by atoms with Gasteiger partial charge in [0.2, 0.25) is 0 Å². The molecule has 0 spiro atoms. The Morgan fingerprint density at radius 1 is 1.33 bits per heavy atom. The number of allylic oxidation sites excluding steroid dienone is 1. The van der Waals surface area contributed by atoms with E-state index in [0.29, 0.717) is 6.04 Å². The zero-order valence-corrected chi connectivity index (χ0v) is 5.64. The summed E-state index contributed by atoms with van der Waals surface area (Å²) in [4.78, 5) is 0. The van der Waals surface area contributed by atoms with Crippen molar-refractivity contribution in [2.45, 2.75) is 25.3 Å². The molecule has 2 bridgehead atoms. The summed E-state index contributed by atoms with van der Waals surface area (Å²) >= 11 is 0. The second-order valence-electron chi connectivity index (χ2n) is 3.12. The van der Waals surface area contributed by atoms with Crippen LogP contribution in [0.4, 0.5) is 0 Å². The Morgan fingerprint density at radius 2 is 2.33 bits per heavy atom. The van der Waals surface area contributed by atoms with Gasteiger partial charge in [-0.15, -0.1) is 0 Å². The number of hydrogen-bond donors (Lipinski definition) is 1. The summed E-state index contributed by atoms with van der Waals surface area (Å²) < 4.78 is 0. The summed E-state index contributed by atoms with van der Waals surface area (Å²) in [5.74, 6) is 0.944. The van der Waals surface area contributed by atoms with Crippen LogP contribution in [-0.4, -0.2) is 12.6 Å². The lowest BCUT2D eigenvalue weighted by molar-refractivity contribution is 0.357. The standard InChI is InChI=1S/C8H13N/c1-2-7-4-5-8(3-1)9-6-7/h1,3,7-9H,2,4-6H2. The molecule has 0 saturated carbocycles. The minimum Gasteiger partial charge on any atom is -0.310 e. The van der Waals surface area contributed by atoms with E-state index in [2.05, 4.69) is 17.5 Å². The van der Waals surface area contributed by atoms with Gasteiger partial charge in [-0.3, -0.25) is 0 Å². The predicted octanol–water partition coefficient (Wildman–Crippen LogP) is 1.31. The topological polar surface area (TPSA) is 12.0 Å². The minimum atomic E-state index is 0.712. The van der Waals surface area contributed by atoms with Crippen molar-refractivity contribution in [3.05, 3.63) is 12.2 Å². The molecule has 1 nitrogen and oxygen atoms in total. The zero-order chi connectivity index (χ0) is 6.10. The van der Waals surface area contributed by atoms with Gasteiger partial charge in [-0.25, -0.2) is 0 Å². The first-order chi connectivity index (χ1) is 4.45. The van der Waals surface area contributed by atoms with E-state index in [-0.39, 0.29) is 0 Å². The first-order valence-electron chi connectivity index (χ1n) is 3.85. The fourth-order valence-corrected chi connectivity index (χ4v) is 1.74. The highest BCUT2D eigenvalue weighted by Gasteiger charge is 2.19. The Hall–Kier alpha value is -0.300. The van der Waals surface area contributed by atoms with Gasteiger partial charge in [0.15, 0.2) is 0 Å². The van der Waals surface area contributed by atoms with E-state index >= 15 is 0 Å². The molecule has 1 fully saturated rings. The molecule has 0 aromatic carbocycles. The van der Waals surface area contributed by atoms with Crippen LogP contribution in [0.2, 0.25) is 0 Å². The van der Waals surface area contributed by atoms with E-state index in [1.807, 2.05) is 0 Å². The number of hydrogen-bond acceptors (Lipinski definition) is 1. The molecule has 50 valence electrons. The van der Waals surface area contributed by atoms with Crippen molar-refractivity contribution in [2.24, 2.45) is 5.92 Å². The third-order valence-electron chi connectivity index (χ3n) is 2.39. The highest BCUT2D eigenvalue weighted by atomic mass is 14.9. The second-order valence-corrected chi connectivity index (χ2v) is 3.12. The number of nitrogens with one attached hydrogen (secondary N) is 1. The lowest BCUT2D eigenvalue weighted by atomic mass is 9.96. The molecule has 1 aliphatic carbocycles. The number of piperidine rings is 1. The zero-order valence-electron chi connectivity index (χ0n) is 5.64. The highest BCUT2D eigenvalue weighted by Crippen LogP contribution is 2.22. The van der Waals surface area contributed by atoms with Gasteiger partial charge in [0.05, 0.1) is 0 Å². The van der Waals surface area contributed by atoms with Gasteiger partial charge < -0.3 is 5.32 Å². The molecule has 9 heavy (non-hydrogen) atoms. The Morgan fingerprint density at radius 3 is 3.11 bits per heavy atom. The lowest BCUT2D eigenvalue weighted by Gasteiger charge is -2.23. The van der Waals surface area contributed by atoms with Gasteiger partial charge in [0.1, 0.15) is 0 Å². The molecule has 2 atom stereocenters. The lowest BCUT2D eigenvalue weighted by Crippen LogP contribution is -2.35. The molecule has 1 heteroatoms. The van der Waals surface area contributed by atoms with Crippen molar-refractivity contribution in [3.8, 4) is 0 Å². The first kappa shape index (κ1) is 5.48. The summed E-state index contributed by atoms with van der Waals surface area (Å²) in [6.07, 6.45) is 8.77. The van der Waals surface area contributed by atoms with Crippen LogP contribution in [0.3, 0.4) is 0 Å². The summed E-state index contributed by atoms with van der Waals surface area (Å²) in [5.41, 5.74) is 0. The van der Waals surface area contributed by atoms with Gasteiger partial charge in [-0.2, -0.15) is 0 Å². The Labute approximate surface area is 56.1 Å². The fraction of sp³-hybridized carbons (Fsp3) is 0.750. The van der Waals surface area contributed by atoms with Gasteiger partial charge in [-0.1, -0.05) is 12.2 Å². The molecule has 2 heterocycles. The average molecular weight is 123 g/mol. The number of fused-ring (bicyclic) bond motifs is 3. The van der Waals surface area contributed by atoms with Crippen molar-refractivity contribution in [2.75, 3.05) is 6.54 Å². The van der Waals surface area contributed by atoms with Crippen molar-refractivity contribution in [1.29, 1.82) is 0 Å². The van der Waals surface area contributed by atoms with Crippen LogP contribution in [0, 0.1) is 5.92 Å². The maximum absolute atomic E-state index is 3.49. The van der Waals surface area contributed by atoms with Crippen molar-refractivity contribution in [3.63, 3.8) is 0 Å². The first-order valence-corrected chi connectivity index (χ1v) is 3.85. The second kappa shape index (κ2) is 2.14. The molecule has 3 rings (SSSR count). The van der Waals surface area contributed by atoms with Crippen LogP contribution in [-0.2, 0) is 0 Å². The molecular formula is C8H13N. The highest BCUT2D eigenvalue weighted by molar-refractivity contribution is 5.01. The molecule has 0 amide bonds. The molecule has 3 aliphatic rings. The molecular weight excluding hydrogens is 110 g/mol. The van der Waals surface area contributed by atoms with Gasteiger partial charge in [0, 0.05) is 6.04 Å². The van der Waals surface area contributed by atoms with Crippen molar-refractivity contribution < 1.29 is 0 Å². The Kier molecular flexibility index (Phi) is 1.31. The van der Waals surface area contributed by atoms with Crippen molar-refractivity contribution in [1.82, 2.24) is 5.32 Å². The average Bonchev–Trinajstić information content (AvgIpc) is 2.21. The van der Waals surface area contributed by atoms with Crippen LogP contribution in [0.1, 0.15) is 19.3 Å². The van der Waals surface area contributed by atoms with Crippen LogP contribution in [0.15, 0.2) is 12.2 Å². The van der Waals surface area contributed by atoms with Crippen molar-refractivity contribution >= 4 is 0 Å². The van der Waals surface area contributed by atoms with E-state index in [1.165, 1.54) is 25.8 Å². The fourth-order valence-electron chi connectivity index (χ4n) is 1.74. The van der Waals surface area contributed by atoms with Crippen LogP contribution in [0.25, 0.3) is 0 Å². The maximum Gasteiger partial charge on any atom is 0.0250 e.